The molecule has 2 aliphatic carbocycles. The van der Waals surface area contributed by atoms with Crippen molar-refractivity contribution in [2.45, 2.75) is 51.1 Å². The average molecular weight is 245 g/mol. The van der Waals surface area contributed by atoms with E-state index in [0.717, 1.165) is 31.1 Å². The van der Waals surface area contributed by atoms with Gasteiger partial charge >= 0.3 is 0 Å². The molecule has 0 aromatic heterocycles. The molecule has 1 aromatic rings. The van der Waals surface area contributed by atoms with Crippen LogP contribution in [0.15, 0.2) is 18.2 Å². The molecule has 0 saturated heterocycles. The number of hydrogen-bond acceptors (Lipinski definition) is 1. The van der Waals surface area contributed by atoms with Gasteiger partial charge in [-0.3, -0.25) is 4.90 Å². The Morgan fingerprint density at radius 2 is 2.11 bits per heavy atom. The van der Waals surface area contributed by atoms with Crippen LogP contribution in [0.2, 0.25) is 0 Å². The van der Waals surface area contributed by atoms with E-state index in [1.807, 2.05) is 6.07 Å². The van der Waals surface area contributed by atoms with Crippen LogP contribution in [0.5, 0.6) is 0 Å². The molecule has 1 nitrogen and oxygen atoms in total. The van der Waals surface area contributed by atoms with E-state index in [-0.39, 0.29) is 5.82 Å². The molecule has 1 heterocycles. The second-order valence-corrected chi connectivity index (χ2v) is 6.37. The van der Waals surface area contributed by atoms with E-state index in [2.05, 4.69) is 11.0 Å². The molecule has 1 spiro atoms. The van der Waals surface area contributed by atoms with E-state index in [0.29, 0.717) is 5.41 Å². The Labute approximate surface area is 108 Å². The summed E-state index contributed by atoms with van der Waals surface area (Å²) in [6.07, 6.45) is 8.02. The van der Waals surface area contributed by atoms with Gasteiger partial charge in [0.05, 0.1) is 0 Å². The van der Waals surface area contributed by atoms with Crippen molar-refractivity contribution in [2.24, 2.45) is 5.41 Å². The number of nitrogens with zero attached hydrogens (tertiary/aromatic N) is 1. The summed E-state index contributed by atoms with van der Waals surface area (Å²) in [6, 6.07) is 6.30. The summed E-state index contributed by atoms with van der Waals surface area (Å²) in [6.45, 7) is 1.97. The number of rotatable bonds is 1. The minimum Gasteiger partial charge on any atom is -0.295 e. The highest BCUT2D eigenvalue weighted by Crippen LogP contribution is 2.58. The fourth-order valence-corrected chi connectivity index (χ4v) is 4.29. The van der Waals surface area contributed by atoms with Crippen LogP contribution in [0.1, 0.15) is 43.2 Å². The van der Waals surface area contributed by atoms with Gasteiger partial charge in [-0.1, -0.05) is 18.6 Å². The molecule has 18 heavy (non-hydrogen) atoms. The highest BCUT2D eigenvalue weighted by molar-refractivity contribution is 5.31. The van der Waals surface area contributed by atoms with Crippen LogP contribution >= 0.6 is 0 Å². The summed E-state index contributed by atoms with van der Waals surface area (Å²) in [4.78, 5) is 2.56. The van der Waals surface area contributed by atoms with Crippen molar-refractivity contribution in [3.05, 3.63) is 35.1 Å². The van der Waals surface area contributed by atoms with Crippen molar-refractivity contribution in [3.8, 4) is 0 Å². The molecule has 1 unspecified atom stereocenters. The summed E-state index contributed by atoms with van der Waals surface area (Å²) in [5.41, 5.74) is 2.83. The number of hydrogen-bond donors (Lipinski definition) is 0. The van der Waals surface area contributed by atoms with Crippen LogP contribution in [0, 0.1) is 11.2 Å². The molecule has 0 N–H and O–H groups in total. The lowest BCUT2D eigenvalue weighted by Gasteiger charge is -2.60. The zero-order valence-corrected chi connectivity index (χ0v) is 10.8. The predicted molar refractivity (Wildman–Crippen MR) is 69.8 cm³/mol. The molecular formula is C16H20FN. The summed E-state index contributed by atoms with van der Waals surface area (Å²) >= 11 is 0. The first kappa shape index (κ1) is 11.0. The summed E-state index contributed by atoms with van der Waals surface area (Å²) < 4.78 is 13.9. The zero-order valence-electron chi connectivity index (χ0n) is 10.8. The summed E-state index contributed by atoms with van der Waals surface area (Å²) in [5.74, 6) is -0.000757. The first-order valence-corrected chi connectivity index (χ1v) is 7.29. The van der Waals surface area contributed by atoms with Crippen molar-refractivity contribution in [1.82, 2.24) is 4.90 Å². The Balaban J connectivity index is 1.58. The van der Waals surface area contributed by atoms with Gasteiger partial charge in [0.25, 0.3) is 0 Å². The van der Waals surface area contributed by atoms with E-state index in [9.17, 15) is 4.39 Å². The van der Waals surface area contributed by atoms with Gasteiger partial charge in [-0.25, -0.2) is 4.39 Å². The first-order valence-electron chi connectivity index (χ1n) is 7.29. The summed E-state index contributed by atoms with van der Waals surface area (Å²) in [5, 5.41) is 0. The van der Waals surface area contributed by atoms with Crippen LogP contribution in [0.4, 0.5) is 4.39 Å². The standard InChI is InChI=1S/C16H20FN/c17-14-4-1-3-12-6-10-18(11-13(12)14)15-5-9-16(15)7-2-8-16/h1,3-4,15H,2,5-11H2. The second-order valence-electron chi connectivity index (χ2n) is 6.37. The molecule has 4 rings (SSSR count). The third-order valence-electron chi connectivity index (χ3n) is 5.66. The van der Waals surface area contributed by atoms with Crippen molar-refractivity contribution < 1.29 is 4.39 Å². The molecule has 96 valence electrons. The van der Waals surface area contributed by atoms with E-state index >= 15 is 0 Å². The third kappa shape index (κ3) is 1.41. The molecule has 0 bridgehead atoms. The molecular weight excluding hydrogens is 225 g/mol. The van der Waals surface area contributed by atoms with Gasteiger partial charge in [-0.15, -0.1) is 0 Å². The van der Waals surface area contributed by atoms with E-state index in [4.69, 9.17) is 0 Å². The van der Waals surface area contributed by atoms with Crippen molar-refractivity contribution in [2.75, 3.05) is 6.54 Å². The van der Waals surface area contributed by atoms with Crippen molar-refractivity contribution in [3.63, 3.8) is 0 Å². The Hall–Kier alpha value is -0.890. The normalized spacial score (nSPS) is 29.5. The SMILES string of the molecule is Fc1cccc2c1CN(C1CCC13CCC3)CC2. The van der Waals surface area contributed by atoms with Gasteiger partial charge < -0.3 is 0 Å². The van der Waals surface area contributed by atoms with Crippen LogP contribution in [-0.4, -0.2) is 17.5 Å². The lowest BCUT2D eigenvalue weighted by Crippen LogP contribution is -2.59. The maximum atomic E-state index is 13.9. The second kappa shape index (κ2) is 3.80. The fraction of sp³-hybridized carbons (Fsp3) is 0.625. The molecule has 2 heteroatoms. The number of fused-ring (bicyclic) bond motifs is 1. The fourth-order valence-electron chi connectivity index (χ4n) is 4.29. The van der Waals surface area contributed by atoms with Gasteiger partial charge in [0.2, 0.25) is 0 Å². The van der Waals surface area contributed by atoms with E-state index in [1.54, 1.807) is 6.07 Å². The van der Waals surface area contributed by atoms with Gasteiger partial charge in [0.1, 0.15) is 5.82 Å². The smallest absolute Gasteiger partial charge is 0.127 e. The zero-order chi connectivity index (χ0) is 12.2. The highest BCUT2D eigenvalue weighted by atomic mass is 19.1. The molecule has 1 aliphatic heterocycles. The van der Waals surface area contributed by atoms with Crippen LogP contribution < -0.4 is 0 Å². The maximum Gasteiger partial charge on any atom is 0.127 e. The Morgan fingerprint density at radius 3 is 2.78 bits per heavy atom. The van der Waals surface area contributed by atoms with Gasteiger partial charge in [-0.2, -0.15) is 0 Å². The Morgan fingerprint density at radius 1 is 1.22 bits per heavy atom. The Kier molecular flexibility index (Phi) is 2.32. The highest BCUT2D eigenvalue weighted by Gasteiger charge is 2.52. The van der Waals surface area contributed by atoms with Gasteiger partial charge in [-0.05, 0) is 49.1 Å². The average Bonchev–Trinajstić information content (AvgIpc) is 2.27. The third-order valence-corrected chi connectivity index (χ3v) is 5.66. The number of halogens is 1. The van der Waals surface area contributed by atoms with E-state index < -0.39 is 0 Å². The Bertz CT molecular complexity index is 472. The van der Waals surface area contributed by atoms with E-state index in [1.165, 1.54) is 37.7 Å². The lowest BCUT2D eigenvalue weighted by molar-refractivity contribution is -0.0882. The van der Waals surface area contributed by atoms with Gasteiger partial charge in [0.15, 0.2) is 0 Å². The van der Waals surface area contributed by atoms with Gasteiger partial charge in [0, 0.05) is 24.7 Å². The molecule has 0 radical (unpaired) electrons. The topological polar surface area (TPSA) is 3.24 Å². The largest absolute Gasteiger partial charge is 0.295 e. The lowest BCUT2D eigenvalue weighted by atomic mass is 9.52. The quantitative estimate of drug-likeness (QED) is 0.731. The molecule has 2 saturated carbocycles. The minimum atomic E-state index is -0.000757. The van der Waals surface area contributed by atoms with Crippen molar-refractivity contribution >= 4 is 0 Å². The first-order chi connectivity index (χ1) is 8.78. The van der Waals surface area contributed by atoms with Crippen LogP contribution in [-0.2, 0) is 13.0 Å². The predicted octanol–water partition coefficient (Wildman–Crippen LogP) is 3.52. The number of benzene rings is 1. The molecule has 1 atom stereocenters. The maximum absolute atomic E-state index is 13.9. The molecule has 2 fully saturated rings. The minimum absolute atomic E-state index is 0.000757. The molecule has 0 amide bonds. The summed E-state index contributed by atoms with van der Waals surface area (Å²) in [7, 11) is 0. The van der Waals surface area contributed by atoms with Crippen molar-refractivity contribution in [1.29, 1.82) is 0 Å². The molecule has 1 aromatic carbocycles. The molecule has 3 aliphatic rings. The monoisotopic (exact) mass is 245 g/mol. The van der Waals surface area contributed by atoms with Crippen LogP contribution in [0.25, 0.3) is 0 Å². The van der Waals surface area contributed by atoms with Crippen LogP contribution in [0.3, 0.4) is 0 Å².